The summed E-state index contributed by atoms with van der Waals surface area (Å²) in [6.07, 6.45) is 0. The van der Waals surface area contributed by atoms with Crippen molar-refractivity contribution in [3.05, 3.63) is 52.4 Å². The van der Waals surface area contributed by atoms with Crippen molar-refractivity contribution in [2.24, 2.45) is 0 Å². The average Bonchev–Trinajstić information content (AvgIpc) is 2.94. The first-order valence-electron chi connectivity index (χ1n) is 8.22. The summed E-state index contributed by atoms with van der Waals surface area (Å²) in [4.78, 5) is 14.6. The van der Waals surface area contributed by atoms with Gasteiger partial charge in [0.15, 0.2) is 0 Å². The monoisotopic (exact) mass is 329 g/mol. The van der Waals surface area contributed by atoms with Gasteiger partial charge < -0.3 is 14.6 Å². The van der Waals surface area contributed by atoms with Crippen LogP contribution in [0.25, 0.3) is 0 Å². The van der Waals surface area contributed by atoms with Crippen LogP contribution < -0.4 is 5.32 Å². The summed E-state index contributed by atoms with van der Waals surface area (Å²) in [5, 5.41) is 6.73. The van der Waals surface area contributed by atoms with Crippen molar-refractivity contribution in [2.45, 2.75) is 26.9 Å². The second-order valence-corrected chi connectivity index (χ2v) is 6.09. The minimum Gasteiger partial charge on any atom is -0.379 e. The topological polar surface area (TPSA) is 67.6 Å². The summed E-state index contributed by atoms with van der Waals surface area (Å²) in [5.41, 5.74) is 3.49. The van der Waals surface area contributed by atoms with Crippen molar-refractivity contribution >= 4 is 5.91 Å². The third kappa shape index (κ3) is 4.01. The van der Waals surface area contributed by atoms with Crippen LogP contribution in [0.4, 0.5) is 0 Å². The van der Waals surface area contributed by atoms with Crippen LogP contribution in [0.15, 0.2) is 28.8 Å². The van der Waals surface area contributed by atoms with E-state index >= 15 is 0 Å². The minimum absolute atomic E-state index is 0.149. The maximum Gasteiger partial charge on any atom is 0.257 e. The maximum absolute atomic E-state index is 12.2. The van der Waals surface area contributed by atoms with Gasteiger partial charge in [-0.2, -0.15) is 0 Å². The van der Waals surface area contributed by atoms with Gasteiger partial charge in [-0.3, -0.25) is 9.69 Å². The van der Waals surface area contributed by atoms with E-state index in [0.29, 0.717) is 23.6 Å². The molecule has 6 heteroatoms. The van der Waals surface area contributed by atoms with E-state index in [1.54, 1.807) is 13.8 Å². The van der Waals surface area contributed by atoms with Crippen LogP contribution in [-0.2, 0) is 17.8 Å². The van der Waals surface area contributed by atoms with Gasteiger partial charge in [0.2, 0.25) is 0 Å². The smallest absolute Gasteiger partial charge is 0.257 e. The summed E-state index contributed by atoms with van der Waals surface area (Å²) < 4.78 is 10.4. The number of amides is 1. The Bertz CT molecular complexity index is 669. The van der Waals surface area contributed by atoms with Gasteiger partial charge in [-0.1, -0.05) is 29.4 Å². The second-order valence-electron chi connectivity index (χ2n) is 6.09. The van der Waals surface area contributed by atoms with Crippen LogP contribution in [0, 0.1) is 13.8 Å². The second kappa shape index (κ2) is 7.59. The number of nitrogens with one attached hydrogen (secondary N) is 1. The molecule has 128 valence electrons. The number of hydrogen-bond acceptors (Lipinski definition) is 5. The molecule has 1 fully saturated rings. The molecule has 1 aromatic carbocycles. The molecule has 6 nitrogen and oxygen atoms in total. The van der Waals surface area contributed by atoms with Gasteiger partial charge >= 0.3 is 0 Å². The van der Waals surface area contributed by atoms with Gasteiger partial charge in [0.25, 0.3) is 5.91 Å². The van der Waals surface area contributed by atoms with Gasteiger partial charge in [0.05, 0.1) is 18.9 Å². The molecule has 0 aliphatic carbocycles. The third-order valence-electron chi connectivity index (χ3n) is 4.25. The molecule has 0 spiro atoms. The number of nitrogens with zero attached hydrogens (tertiary/aromatic N) is 2. The molecule has 24 heavy (non-hydrogen) atoms. The zero-order chi connectivity index (χ0) is 16.9. The van der Waals surface area contributed by atoms with Crippen LogP contribution in [0.2, 0.25) is 0 Å². The highest BCUT2D eigenvalue weighted by Gasteiger charge is 2.17. The minimum atomic E-state index is -0.149. The fourth-order valence-corrected chi connectivity index (χ4v) is 2.86. The molecule has 0 atom stereocenters. The SMILES string of the molecule is Cc1noc(C)c1C(=O)NCc1ccc(CN2CCOCC2)cc1. The zero-order valence-electron chi connectivity index (χ0n) is 14.2. The Kier molecular flexibility index (Phi) is 5.27. The van der Waals surface area contributed by atoms with E-state index in [-0.39, 0.29) is 5.91 Å². The van der Waals surface area contributed by atoms with Crippen LogP contribution in [-0.4, -0.2) is 42.3 Å². The quantitative estimate of drug-likeness (QED) is 0.909. The first kappa shape index (κ1) is 16.7. The predicted octanol–water partition coefficient (Wildman–Crippen LogP) is 2.05. The predicted molar refractivity (Wildman–Crippen MR) is 89.7 cm³/mol. The zero-order valence-corrected chi connectivity index (χ0v) is 14.2. The number of carbonyl (C=O) groups excluding carboxylic acids is 1. The lowest BCUT2D eigenvalue weighted by Crippen LogP contribution is -2.35. The summed E-state index contributed by atoms with van der Waals surface area (Å²) in [7, 11) is 0. The lowest BCUT2D eigenvalue weighted by molar-refractivity contribution is 0.0342. The maximum atomic E-state index is 12.2. The molecular weight excluding hydrogens is 306 g/mol. The Morgan fingerprint density at radius 3 is 2.46 bits per heavy atom. The average molecular weight is 329 g/mol. The van der Waals surface area contributed by atoms with Crippen LogP contribution in [0.3, 0.4) is 0 Å². The third-order valence-corrected chi connectivity index (χ3v) is 4.25. The Morgan fingerprint density at radius 1 is 1.17 bits per heavy atom. The molecule has 1 aromatic heterocycles. The van der Waals surface area contributed by atoms with E-state index in [1.165, 1.54) is 5.56 Å². The number of benzene rings is 1. The fourth-order valence-electron chi connectivity index (χ4n) is 2.86. The lowest BCUT2D eigenvalue weighted by atomic mass is 10.1. The molecule has 1 amide bonds. The molecule has 0 unspecified atom stereocenters. The molecule has 1 N–H and O–H groups in total. The van der Waals surface area contributed by atoms with Crippen LogP contribution >= 0.6 is 0 Å². The molecule has 0 radical (unpaired) electrons. The van der Waals surface area contributed by atoms with Crippen LogP contribution in [0.1, 0.15) is 32.9 Å². The van der Waals surface area contributed by atoms with Crippen LogP contribution in [0.5, 0.6) is 0 Å². The number of ether oxygens (including phenoxy) is 1. The molecule has 2 heterocycles. The van der Waals surface area contributed by atoms with Crippen molar-refractivity contribution in [1.29, 1.82) is 0 Å². The molecule has 1 aliphatic heterocycles. The molecule has 0 bridgehead atoms. The number of aromatic nitrogens is 1. The Morgan fingerprint density at radius 2 is 1.83 bits per heavy atom. The number of rotatable bonds is 5. The Labute approximate surface area is 141 Å². The fraction of sp³-hybridized carbons (Fsp3) is 0.444. The summed E-state index contributed by atoms with van der Waals surface area (Å²) in [5.74, 6) is 0.398. The van der Waals surface area contributed by atoms with Crippen molar-refractivity contribution in [2.75, 3.05) is 26.3 Å². The van der Waals surface area contributed by atoms with Gasteiger partial charge in [-0.05, 0) is 25.0 Å². The summed E-state index contributed by atoms with van der Waals surface area (Å²) >= 11 is 0. The summed E-state index contributed by atoms with van der Waals surface area (Å²) in [6.45, 7) is 8.53. The van der Waals surface area contributed by atoms with Gasteiger partial charge in [-0.15, -0.1) is 0 Å². The van der Waals surface area contributed by atoms with Crippen molar-refractivity contribution < 1.29 is 14.1 Å². The normalized spacial score (nSPS) is 15.4. The van der Waals surface area contributed by atoms with E-state index in [0.717, 1.165) is 38.4 Å². The molecular formula is C18H23N3O3. The van der Waals surface area contributed by atoms with Crippen molar-refractivity contribution in [3.8, 4) is 0 Å². The van der Waals surface area contributed by atoms with E-state index in [9.17, 15) is 4.79 Å². The number of hydrogen-bond donors (Lipinski definition) is 1. The highest BCUT2D eigenvalue weighted by molar-refractivity contribution is 5.95. The van der Waals surface area contributed by atoms with E-state index < -0.39 is 0 Å². The first-order chi connectivity index (χ1) is 11.6. The van der Waals surface area contributed by atoms with Gasteiger partial charge in [0.1, 0.15) is 11.3 Å². The Hall–Kier alpha value is -2.18. The van der Waals surface area contributed by atoms with Crippen molar-refractivity contribution in [1.82, 2.24) is 15.4 Å². The molecule has 1 aliphatic rings. The largest absolute Gasteiger partial charge is 0.379 e. The number of aryl methyl sites for hydroxylation is 2. The van der Waals surface area contributed by atoms with E-state index in [1.807, 2.05) is 0 Å². The lowest BCUT2D eigenvalue weighted by Gasteiger charge is -2.26. The van der Waals surface area contributed by atoms with E-state index in [4.69, 9.17) is 9.26 Å². The standard InChI is InChI=1S/C18H23N3O3/c1-13-17(14(2)24-20-13)18(22)19-11-15-3-5-16(6-4-15)12-21-7-9-23-10-8-21/h3-6H,7-12H2,1-2H3,(H,19,22). The first-order valence-corrected chi connectivity index (χ1v) is 8.22. The van der Waals surface area contributed by atoms with Crippen molar-refractivity contribution in [3.63, 3.8) is 0 Å². The number of morpholine rings is 1. The highest BCUT2D eigenvalue weighted by Crippen LogP contribution is 2.13. The molecule has 2 aromatic rings. The molecule has 3 rings (SSSR count). The molecule has 0 saturated carbocycles. The van der Waals surface area contributed by atoms with E-state index in [2.05, 4.69) is 39.6 Å². The Balaban J connectivity index is 1.53. The number of carbonyl (C=O) groups is 1. The molecule has 1 saturated heterocycles. The van der Waals surface area contributed by atoms with Gasteiger partial charge in [0, 0.05) is 26.2 Å². The van der Waals surface area contributed by atoms with Gasteiger partial charge in [-0.25, -0.2) is 0 Å². The summed E-state index contributed by atoms with van der Waals surface area (Å²) in [6, 6.07) is 8.35. The highest BCUT2D eigenvalue weighted by atomic mass is 16.5.